The Morgan fingerprint density at radius 1 is 0.900 bits per heavy atom. The summed E-state index contributed by atoms with van der Waals surface area (Å²) in [6.07, 6.45) is 4.63. The number of nitrogens with zero attached hydrogens (tertiary/aromatic N) is 4. The lowest BCUT2D eigenvalue weighted by Crippen LogP contribution is -2.44. The van der Waals surface area contributed by atoms with Gasteiger partial charge < -0.3 is 24.6 Å². The Kier molecular flexibility index (Phi) is 8.45. The number of hydrogen-bond acceptors (Lipinski definition) is 7. The fourth-order valence-electron chi connectivity index (χ4n) is 5.14. The van der Waals surface area contributed by atoms with Gasteiger partial charge >= 0.3 is 0 Å². The molecule has 0 spiro atoms. The maximum atomic E-state index is 13.0. The number of amides is 2. The number of piperidine rings is 2. The quantitative estimate of drug-likeness (QED) is 0.483. The maximum absolute atomic E-state index is 13.0. The second kappa shape index (κ2) is 12.5. The summed E-state index contributed by atoms with van der Waals surface area (Å²) in [4.78, 5) is 34.2. The molecule has 2 saturated heterocycles. The average Bonchev–Trinajstić information content (AvgIpc) is 3.02. The first-order chi connectivity index (χ1) is 19.5. The molecule has 2 amide bonds. The molecule has 0 aliphatic carbocycles. The molecule has 206 valence electrons. The third kappa shape index (κ3) is 6.52. The number of ether oxygens (including phenoxy) is 2. The first-order valence-corrected chi connectivity index (χ1v) is 13.6. The summed E-state index contributed by atoms with van der Waals surface area (Å²) >= 11 is 0. The highest BCUT2D eigenvalue weighted by Gasteiger charge is 2.26. The molecule has 9 nitrogen and oxygen atoms in total. The summed E-state index contributed by atoms with van der Waals surface area (Å²) in [7, 11) is 1.66. The van der Waals surface area contributed by atoms with Crippen molar-refractivity contribution in [3.8, 4) is 17.6 Å². The van der Waals surface area contributed by atoms with Crippen LogP contribution in [0.5, 0.6) is 11.5 Å². The van der Waals surface area contributed by atoms with E-state index in [0.717, 1.165) is 43.1 Å². The van der Waals surface area contributed by atoms with Crippen molar-refractivity contribution in [3.05, 3.63) is 83.7 Å². The summed E-state index contributed by atoms with van der Waals surface area (Å²) in [6, 6.07) is 20.6. The van der Waals surface area contributed by atoms with Gasteiger partial charge in [0.15, 0.2) is 0 Å². The van der Waals surface area contributed by atoms with Crippen LogP contribution in [0.4, 0.5) is 5.69 Å². The fourth-order valence-corrected chi connectivity index (χ4v) is 5.14. The summed E-state index contributed by atoms with van der Waals surface area (Å²) in [5.74, 6) is 1.24. The minimum atomic E-state index is -0.171. The van der Waals surface area contributed by atoms with Gasteiger partial charge in [-0.15, -0.1) is 0 Å². The van der Waals surface area contributed by atoms with Gasteiger partial charge in [-0.1, -0.05) is 0 Å². The molecule has 0 saturated carbocycles. The number of aromatic nitrogens is 1. The molecule has 0 unspecified atom stereocenters. The highest BCUT2D eigenvalue weighted by molar-refractivity contribution is 5.96. The largest absolute Gasteiger partial charge is 0.497 e. The Hall–Kier alpha value is -4.58. The summed E-state index contributed by atoms with van der Waals surface area (Å²) < 4.78 is 11.2. The van der Waals surface area contributed by atoms with Gasteiger partial charge in [0, 0.05) is 56.9 Å². The number of carbonyl (C=O) groups excluding carboxylic acids is 2. The van der Waals surface area contributed by atoms with Crippen molar-refractivity contribution in [2.24, 2.45) is 0 Å². The zero-order chi connectivity index (χ0) is 27.9. The van der Waals surface area contributed by atoms with Crippen LogP contribution in [0.25, 0.3) is 0 Å². The molecular weight excluding hydrogens is 506 g/mol. The van der Waals surface area contributed by atoms with E-state index in [9.17, 15) is 9.59 Å². The predicted molar refractivity (Wildman–Crippen MR) is 151 cm³/mol. The smallest absolute Gasteiger partial charge is 0.272 e. The number of hydrogen-bond donors (Lipinski definition) is 1. The number of pyridine rings is 1. The molecule has 1 aromatic heterocycles. The Morgan fingerprint density at radius 3 is 2.17 bits per heavy atom. The van der Waals surface area contributed by atoms with Crippen molar-refractivity contribution in [2.75, 3.05) is 38.2 Å². The van der Waals surface area contributed by atoms with Crippen LogP contribution in [0.2, 0.25) is 0 Å². The second-order valence-electron chi connectivity index (χ2n) is 10.1. The van der Waals surface area contributed by atoms with Crippen molar-refractivity contribution in [2.45, 2.75) is 37.8 Å². The summed E-state index contributed by atoms with van der Waals surface area (Å²) in [5, 5.41) is 12.0. The Morgan fingerprint density at radius 2 is 1.57 bits per heavy atom. The van der Waals surface area contributed by atoms with Crippen LogP contribution in [0, 0.1) is 11.3 Å². The molecule has 0 atom stereocenters. The van der Waals surface area contributed by atoms with Gasteiger partial charge in [-0.05, 0) is 73.5 Å². The van der Waals surface area contributed by atoms with Crippen LogP contribution in [0.1, 0.15) is 52.1 Å². The highest BCUT2D eigenvalue weighted by atomic mass is 16.5. The van der Waals surface area contributed by atoms with Crippen molar-refractivity contribution in [3.63, 3.8) is 0 Å². The molecule has 0 bridgehead atoms. The van der Waals surface area contributed by atoms with Crippen molar-refractivity contribution in [1.82, 2.24) is 15.2 Å². The number of methoxy groups -OCH3 is 1. The minimum absolute atomic E-state index is 0.0130. The number of likely N-dealkylation sites (tertiary alicyclic amines) is 1. The topological polar surface area (TPSA) is 108 Å². The number of nitrogens with one attached hydrogen (secondary N) is 1. The number of carbonyl (C=O) groups is 2. The average molecular weight is 540 g/mol. The van der Waals surface area contributed by atoms with Gasteiger partial charge in [0.25, 0.3) is 11.8 Å². The van der Waals surface area contributed by atoms with Gasteiger partial charge in [-0.3, -0.25) is 14.6 Å². The number of nitriles is 1. The SMILES string of the molecule is COc1ccc(N2CCC(NC(=O)c3ccc(C(=O)N4CCC(Oc5ccc(C#N)cc5)CC4)nc3)CC2)cc1. The molecular formula is C31H33N5O4. The fraction of sp³-hybridized carbons (Fsp3) is 0.355. The van der Waals surface area contributed by atoms with Gasteiger partial charge in [0.05, 0.1) is 24.3 Å². The molecule has 0 radical (unpaired) electrons. The van der Waals surface area contributed by atoms with E-state index < -0.39 is 0 Å². The van der Waals surface area contributed by atoms with E-state index in [1.165, 1.54) is 6.20 Å². The summed E-state index contributed by atoms with van der Waals surface area (Å²) in [6.45, 7) is 2.86. The third-order valence-corrected chi connectivity index (χ3v) is 7.53. The molecule has 2 aromatic carbocycles. The van der Waals surface area contributed by atoms with Crippen LogP contribution < -0.4 is 19.7 Å². The van der Waals surface area contributed by atoms with Gasteiger partial charge in [0.1, 0.15) is 23.3 Å². The lowest BCUT2D eigenvalue weighted by atomic mass is 10.0. The van der Waals surface area contributed by atoms with Crippen LogP contribution >= 0.6 is 0 Å². The second-order valence-corrected chi connectivity index (χ2v) is 10.1. The number of benzene rings is 2. The van der Waals surface area contributed by atoms with Crippen molar-refractivity contribution in [1.29, 1.82) is 5.26 Å². The van der Waals surface area contributed by atoms with Crippen molar-refractivity contribution < 1.29 is 19.1 Å². The lowest BCUT2D eigenvalue weighted by Gasteiger charge is -2.34. The monoisotopic (exact) mass is 539 g/mol. The Bertz CT molecular complexity index is 1340. The zero-order valence-corrected chi connectivity index (χ0v) is 22.6. The molecule has 1 N–H and O–H groups in total. The van der Waals surface area contributed by atoms with Gasteiger partial charge in [-0.2, -0.15) is 5.26 Å². The normalized spacial score (nSPS) is 16.2. The van der Waals surface area contributed by atoms with E-state index in [2.05, 4.69) is 33.4 Å². The molecule has 5 rings (SSSR count). The predicted octanol–water partition coefficient (Wildman–Crippen LogP) is 4.04. The van der Waals surface area contributed by atoms with E-state index in [4.69, 9.17) is 14.7 Å². The molecule has 40 heavy (non-hydrogen) atoms. The molecule has 9 heteroatoms. The minimum Gasteiger partial charge on any atom is -0.497 e. The molecule has 2 aliphatic rings. The van der Waals surface area contributed by atoms with E-state index in [1.54, 1.807) is 48.4 Å². The van der Waals surface area contributed by atoms with Crippen LogP contribution in [0.3, 0.4) is 0 Å². The van der Waals surface area contributed by atoms with E-state index in [0.29, 0.717) is 42.8 Å². The van der Waals surface area contributed by atoms with E-state index >= 15 is 0 Å². The van der Waals surface area contributed by atoms with E-state index in [-0.39, 0.29) is 24.0 Å². The first kappa shape index (κ1) is 27.0. The van der Waals surface area contributed by atoms with Gasteiger partial charge in [-0.25, -0.2) is 0 Å². The summed E-state index contributed by atoms with van der Waals surface area (Å²) in [5.41, 5.74) is 2.52. The van der Waals surface area contributed by atoms with Crippen molar-refractivity contribution >= 4 is 17.5 Å². The Balaban J connectivity index is 1.07. The number of anilines is 1. The molecule has 2 aliphatic heterocycles. The Labute approximate surface area is 234 Å². The van der Waals surface area contributed by atoms with Crippen LogP contribution in [0.15, 0.2) is 66.9 Å². The van der Waals surface area contributed by atoms with Crippen LogP contribution in [-0.2, 0) is 0 Å². The molecule has 3 heterocycles. The van der Waals surface area contributed by atoms with Crippen LogP contribution in [-0.4, -0.2) is 67.1 Å². The van der Waals surface area contributed by atoms with Gasteiger partial charge in [0.2, 0.25) is 0 Å². The third-order valence-electron chi connectivity index (χ3n) is 7.53. The lowest BCUT2D eigenvalue weighted by molar-refractivity contribution is 0.0589. The van der Waals surface area contributed by atoms with E-state index in [1.807, 2.05) is 12.1 Å². The highest BCUT2D eigenvalue weighted by Crippen LogP contribution is 2.23. The zero-order valence-electron chi connectivity index (χ0n) is 22.6. The molecule has 3 aromatic rings. The first-order valence-electron chi connectivity index (χ1n) is 13.6. The standard InChI is InChI=1S/C31H33N5O4/c1-39-26-9-5-25(6-10-26)35-16-12-24(13-17-35)34-30(37)23-4-11-29(33-21-23)31(38)36-18-14-28(15-19-36)40-27-7-2-22(20-32)3-8-27/h2-11,21,24,28H,12-19H2,1H3,(H,34,37). The number of rotatable bonds is 7. The molecule has 2 fully saturated rings. The maximum Gasteiger partial charge on any atom is 0.272 e.